The van der Waals surface area contributed by atoms with Crippen LogP contribution in [0.15, 0.2) is 57.7 Å². The summed E-state index contributed by atoms with van der Waals surface area (Å²) in [6.45, 7) is 0.490. The lowest BCUT2D eigenvalue weighted by atomic mass is 10.1. The maximum absolute atomic E-state index is 11.9. The van der Waals surface area contributed by atoms with Gasteiger partial charge in [-0.05, 0) is 36.6 Å². The highest BCUT2D eigenvalue weighted by Crippen LogP contribution is 2.16. The fourth-order valence-corrected chi connectivity index (χ4v) is 2.49. The lowest BCUT2D eigenvalue weighted by molar-refractivity contribution is 0.0697. The van der Waals surface area contributed by atoms with Crippen molar-refractivity contribution in [3.05, 3.63) is 70.2 Å². The van der Waals surface area contributed by atoms with Crippen LogP contribution in [-0.4, -0.2) is 15.6 Å². The highest BCUT2D eigenvalue weighted by atomic mass is 16.4. The summed E-state index contributed by atoms with van der Waals surface area (Å²) >= 11 is 0. The molecule has 0 aliphatic rings. The Morgan fingerprint density at radius 2 is 1.91 bits per heavy atom. The molecule has 0 atom stereocenters. The van der Waals surface area contributed by atoms with Crippen LogP contribution in [0, 0.1) is 0 Å². The number of aromatic nitrogens is 1. The Labute approximate surface area is 126 Å². The van der Waals surface area contributed by atoms with Gasteiger partial charge in [-0.15, -0.1) is 0 Å². The number of carboxylic acid groups (broad SMARTS) is 1. The smallest absolute Gasteiger partial charge is 0.419 e. The van der Waals surface area contributed by atoms with E-state index in [9.17, 15) is 9.59 Å². The first-order chi connectivity index (χ1) is 10.6. The minimum atomic E-state index is -1.02. The zero-order valence-electron chi connectivity index (χ0n) is 11.9. The van der Waals surface area contributed by atoms with E-state index < -0.39 is 11.7 Å². The molecule has 0 unspecified atom stereocenters. The van der Waals surface area contributed by atoms with Gasteiger partial charge in [-0.2, -0.15) is 0 Å². The topological polar surface area (TPSA) is 72.4 Å². The zero-order valence-corrected chi connectivity index (χ0v) is 11.9. The Morgan fingerprint density at radius 1 is 1.14 bits per heavy atom. The minimum Gasteiger partial charge on any atom is -0.478 e. The highest BCUT2D eigenvalue weighted by Gasteiger charge is 2.12. The van der Waals surface area contributed by atoms with Crippen molar-refractivity contribution in [1.82, 2.24) is 4.57 Å². The second kappa shape index (κ2) is 5.89. The number of hydrogen-bond acceptors (Lipinski definition) is 3. The van der Waals surface area contributed by atoms with Crippen LogP contribution in [0.1, 0.15) is 22.3 Å². The van der Waals surface area contributed by atoms with Crippen molar-refractivity contribution in [2.45, 2.75) is 19.4 Å². The molecule has 0 amide bonds. The number of carbonyl (C=O) groups is 1. The Kier molecular flexibility index (Phi) is 3.78. The number of aromatic carboxylic acids is 1. The van der Waals surface area contributed by atoms with E-state index in [0.717, 1.165) is 12.8 Å². The number of benzene rings is 2. The van der Waals surface area contributed by atoms with E-state index in [1.54, 1.807) is 0 Å². The SMILES string of the molecule is O=C(O)c1ccc2oc(=O)n(CCCc3ccccc3)c2c1. The third-order valence-corrected chi connectivity index (χ3v) is 3.60. The second-order valence-corrected chi connectivity index (χ2v) is 5.10. The monoisotopic (exact) mass is 297 g/mol. The first-order valence-corrected chi connectivity index (χ1v) is 7.06. The van der Waals surface area contributed by atoms with Gasteiger partial charge in [0.05, 0.1) is 11.1 Å². The van der Waals surface area contributed by atoms with E-state index in [2.05, 4.69) is 0 Å². The van der Waals surface area contributed by atoms with Crippen molar-refractivity contribution in [2.24, 2.45) is 0 Å². The molecular formula is C17H15NO4. The van der Waals surface area contributed by atoms with Crippen molar-refractivity contribution in [3.8, 4) is 0 Å². The van der Waals surface area contributed by atoms with Gasteiger partial charge in [-0.3, -0.25) is 4.57 Å². The summed E-state index contributed by atoms with van der Waals surface area (Å²) in [6.07, 6.45) is 1.62. The van der Waals surface area contributed by atoms with Gasteiger partial charge in [-0.25, -0.2) is 9.59 Å². The molecule has 1 aromatic heterocycles. The summed E-state index contributed by atoms with van der Waals surface area (Å²) in [5.74, 6) is -1.48. The number of carboxylic acids is 1. The van der Waals surface area contributed by atoms with Crippen molar-refractivity contribution in [3.63, 3.8) is 0 Å². The fourth-order valence-electron chi connectivity index (χ4n) is 2.49. The van der Waals surface area contributed by atoms with Gasteiger partial charge < -0.3 is 9.52 Å². The van der Waals surface area contributed by atoms with Crippen LogP contribution in [0.2, 0.25) is 0 Å². The third-order valence-electron chi connectivity index (χ3n) is 3.60. The summed E-state index contributed by atoms with van der Waals surface area (Å²) in [6, 6.07) is 14.4. The maximum Gasteiger partial charge on any atom is 0.419 e. The zero-order chi connectivity index (χ0) is 15.5. The molecule has 2 aromatic carbocycles. The average Bonchev–Trinajstić information content (AvgIpc) is 2.83. The molecule has 22 heavy (non-hydrogen) atoms. The fraction of sp³-hybridized carbons (Fsp3) is 0.176. The molecule has 112 valence electrons. The van der Waals surface area contributed by atoms with Gasteiger partial charge in [0.1, 0.15) is 0 Å². The molecule has 1 heterocycles. The van der Waals surface area contributed by atoms with Crippen molar-refractivity contribution >= 4 is 17.1 Å². The summed E-state index contributed by atoms with van der Waals surface area (Å²) in [4.78, 5) is 23.0. The second-order valence-electron chi connectivity index (χ2n) is 5.10. The molecule has 0 aliphatic heterocycles. The predicted molar refractivity (Wildman–Crippen MR) is 82.2 cm³/mol. The third kappa shape index (κ3) is 2.79. The van der Waals surface area contributed by atoms with Crippen molar-refractivity contribution in [2.75, 3.05) is 0 Å². The van der Waals surface area contributed by atoms with Crippen LogP contribution in [0.5, 0.6) is 0 Å². The number of hydrogen-bond donors (Lipinski definition) is 1. The normalized spacial score (nSPS) is 10.9. The quantitative estimate of drug-likeness (QED) is 0.786. The van der Waals surface area contributed by atoms with Crippen LogP contribution in [0.25, 0.3) is 11.1 Å². The number of nitrogens with zero attached hydrogens (tertiary/aromatic N) is 1. The van der Waals surface area contributed by atoms with Gasteiger partial charge in [0.2, 0.25) is 0 Å². The lowest BCUT2D eigenvalue weighted by Crippen LogP contribution is -2.14. The molecule has 0 spiro atoms. The van der Waals surface area contributed by atoms with Crippen LogP contribution in [-0.2, 0) is 13.0 Å². The molecule has 0 saturated carbocycles. The van der Waals surface area contributed by atoms with Gasteiger partial charge in [0.25, 0.3) is 0 Å². The van der Waals surface area contributed by atoms with Gasteiger partial charge in [-0.1, -0.05) is 30.3 Å². The van der Waals surface area contributed by atoms with Gasteiger partial charge >= 0.3 is 11.7 Å². The molecular weight excluding hydrogens is 282 g/mol. The molecule has 3 aromatic rings. The molecule has 0 radical (unpaired) electrons. The molecule has 5 heteroatoms. The van der Waals surface area contributed by atoms with Gasteiger partial charge in [0, 0.05) is 6.54 Å². The van der Waals surface area contributed by atoms with E-state index >= 15 is 0 Å². The van der Waals surface area contributed by atoms with E-state index in [-0.39, 0.29) is 5.56 Å². The van der Waals surface area contributed by atoms with Crippen molar-refractivity contribution < 1.29 is 14.3 Å². The number of oxazole rings is 1. The Morgan fingerprint density at radius 3 is 2.64 bits per heavy atom. The van der Waals surface area contributed by atoms with E-state index in [0.29, 0.717) is 17.6 Å². The molecule has 5 nitrogen and oxygen atoms in total. The van der Waals surface area contributed by atoms with Crippen molar-refractivity contribution in [1.29, 1.82) is 0 Å². The predicted octanol–water partition coefficient (Wildman–Crippen LogP) is 2.93. The average molecular weight is 297 g/mol. The summed E-state index contributed by atoms with van der Waals surface area (Å²) in [5.41, 5.74) is 2.28. The van der Waals surface area contributed by atoms with Crippen LogP contribution < -0.4 is 5.76 Å². The Bertz CT molecular complexity index is 861. The molecule has 0 saturated heterocycles. The first-order valence-electron chi connectivity index (χ1n) is 7.06. The van der Waals surface area contributed by atoms with Crippen LogP contribution >= 0.6 is 0 Å². The molecule has 0 bridgehead atoms. The number of rotatable bonds is 5. The van der Waals surface area contributed by atoms with Crippen LogP contribution in [0.4, 0.5) is 0 Å². The maximum atomic E-state index is 11.9. The first kappa shape index (κ1) is 14.1. The summed E-state index contributed by atoms with van der Waals surface area (Å²) < 4.78 is 6.64. The van der Waals surface area contributed by atoms with E-state index in [1.807, 2.05) is 30.3 Å². The molecule has 0 fully saturated rings. The molecule has 3 rings (SSSR count). The minimum absolute atomic E-state index is 0.144. The Balaban J connectivity index is 1.83. The summed E-state index contributed by atoms with van der Waals surface area (Å²) in [7, 11) is 0. The van der Waals surface area contributed by atoms with Gasteiger partial charge in [0.15, 0.2) is 5.58 Å². The number of fused-ring (bicyclic) bond motifs is 1. The van der Waals surface area contributed by atoms with Crippen LogP contribution in [0.3, 0.4) is 0 Å². The largest absolute Gasteiger partial charge is 0.478 e. The highest BCUT2D eigenvalue weighted by molar-refractivity contribution is 5.91. The molecule has 1 N–H and O–H groups in total. The lowest BCUT2D eigenvalue weighted by Gasteiger charge is -2.03. The Hall–Kier alpha value is -2.82. The van der Waals surface area contributed by atoms with E-state index in [4.69, 9.17) is 9.52 Å². The summed E-state index contributed by atoms with van der Waals surface area (Å²) in [5, 5.41) is 9.05. The molecule has 0 aliphatic carbocycles. The standard InChI is InChI=1S/C17H15NO4/c19-16(20)13-8-9-15-14(11-13)18(17(21)22-15)10-4-7-12-5-2-1-3-6-12/h1-3,5-6,8-9,11H,4,7,10H2,(H,19,20). The number of aryl methyl sites for hydroxylation is 2. The van der Waals surface area contributed by atoms with E-state index in [1.165, 1.54) is 28.3 Å².